The number of hydrogen-bond acceptors (Lipinski definition) is 6. The smallest absolute Gasteiger partial charge is 0.163 e. The van der Waals surface area contributed by atoms with Crippen LogP contribution >= 0.6 is 11.3 Å². The molecule has 0 radical (unpaired) electrons. The average molecular weight is 377 g/mol. The Morgan fingerprint density at radius 2 is 1.89 bits per heavy atom. The summed E-state index contributed by atoms with van der Waals surface area (Å²) in [6, 6.07) is 17.3. The van der Waals surface area contributed by atoms with Crippen LogP contribution in [0.15, 0.2) is 54.6 Å². The van der Waals surface area contributed by atoms with E-state index in [1.165, 1.54) is 11.3 Å². The molecule has 0 aliphatic rings. The minimum atomic E-state index is -0.817. The molecule has 5 nitrogen and oxygen atoms in total. The topological polar surface area (TPSA) is 81.3 Å². The molecule has 0 fully saturated rings. The number of fused-ring (bicyclic) bond motifs is 1. The van der Waals surface area contributed by atoms with Gasteiger partial charge < -0.3 is 15.6 Å². The summed E-state index contributed by atoms with van der Waals surface area (Å²) in [4.78, 5) is 10.6. The molecule has 2 heterocycles. The van der Waals surface area contributed by atoms with Gasteiger partial charge >= 0.3 is 0 Å². The van der Waals surface area contributed by atoms with Gasteiger partial charge in [0.1, 0.15) is 22.5 Å². The summed E-state index contributed by atoms with van der Waals surface area (Å²) in [7, 11) is 1.59. The van der Waals surface area contributed by atoms with E-state index in [0.717, 1.165) is 26.2 Å². The monoisotopic (exact) mass is 377 g/mol. The predicted molar refractivity (Wildman–Crippen MR) is 109 cm³/mol. The molecule has 0 aliphatic carbocycles. The van der Waals surface area contributed by atoms with Gasteiger partial charge in [-0.15, -0.1) is 11.3 Å². The van der Waals surface area contributed by atoms with Crippen LogP contribution in [0.25, 0.3) is 21.6 Å². The Bertz CT molecular complexity index is 1120. The van der Waals surface area contributed by atoms with Gasteiger partial charge in [-0.05, 0) is 25.1 Å². The van der Waals surface area contributed by atoms with E-state index < -0.39 is 6.10 Å². The molecule has 0 bridgehead atoms. The third-order valence-electron chi connectivity index (χ3n) is 4.42. The van der Waals surface area contributed by atoms with Crippen molar-refractivity contribution in [1.29, 1.82) is 0 Å². The number of rotatable bonds is 4. The zero-order chi connectivity index (χ0) is 19.0. The molecule has 1 atom stereocenters. The Kier molecular flexibility index (Phi) is 4.51. The number of thiophene rings is 1. The van der Waals surface area contributed by atoms with Gasteiger partial charge in [0.2, 0.25) is 0 Å². The Labute approximate surface area is 161 Å². The number of methoxy groups -OCH3 is 1. The van der Waals surface area contributed by atoms with E-state index in [-0.39, 0.29) is 0 Å². The fourth-order valence-electron chi connectivity index (χ4n) is 3.06. The number of aryl methyl sites for hydroxylation is 1. The maximum atomic E-state index is 10.9. The Balaban J connectivity index is 1.79. The molecular formula is C21H19N3O2S. The summed E-state index contributed by atoms with van der Waals surface area (Å²) in [5.41, 5.74) is 8.95. The first-order chi connectivity index (χ1) is 13.1. The van der Waals surface area contributed by atoms with Gasteiger partial charge in [0, 0.05) is 16.0 Å². The number of para-hydroxylation sites is 1. The van der Waals surface area contributed by atoms with Crippen LogP contribution in [-0.2, 0) is 0 Å². The van der Waals surface area contributed by atoms with Crippen molar-refractivity contribution in [3.8, 4) is 17.1 Å². The second-order valence-corrected chi connectivity index (χ2v) is 7.38. The highest BCUT2D eigenvalue weighted by molar-refractivity contribution is 7.18. The number of anilines is 1. The highest BCUT2D eigenvalue weighted by Crippen LogP contribution is 2.37. The number of benzene rings is 2. The molecule has 0 saturated carbocycles. The number of aromatic nitrogens is 2. The summed E-state index contributed by atoms with van der Waals surface area (Å²) in [6.45, 7) is 2.03. The third kappa shape index (κ3) is 3.25. The normalized spacial score (nSPS) is 12.3. The van der Waals surface area contributed by atoms with Crippen LogP contribution in [-0.4, -0.2) is 22.2 Å². The molecule has 2 aromatic carbocycles. The standard InChI is InChI=1S/C21H19N3O2S/c1-12-6-5-7-13(10-12)20-23-19(22)15-11-17(27-21(15)24-20)18(25)14-8-3-4-9-16(14)26-2/h3-11,18,25H,1-2H3,(H2,22,23,24). The minimum Gasteiger partial charge on any atom is -0.496 e. The summed E-state index contributed by atoms with van der Waals surface area (Å²) >= 11 is 1.41. The van der Waals surface area contributed by atoms with E-state index in [1.807, 2.05) is 61.5 Å². The van der Waals surface area contributed by atoms with Crippen LogP contribution < -0.4 is 10.5 Å². The summed E-state index contributed by atoms with van der Waals surface area (Å²) in [5, 5.41) is 11.6. The lowest BCUT2D eigenvalue weighted by molar-refractivity contribution is 0.218. The van der Waals surface area contributed by atoms with Crippen LogP contribution in [0, 0.1) is 6.92 Å². The lowest BCUT2D eigenvalue weighted by atomic mass is 10.1. The SMILES string of the molecule is COc1ccccc1C(O)c1cc2c(N)nc(-c3cccc(C)c3)nc2s1. The maximum absolute atomic E-state index is 10.9. The van der Waals surface area contributed by atoms with Crippen molar-refractivity contribution in [1.82, 2.24) is 9.97 Å². The van der Waals surface area contributed by atoms with Crippen LogP contribution in [0.5, 0.6) is 5.75 Å². The first-order valence-electron chi connectivity index (χ1n) is 8.52. The highest BCUT2D eigenvalue weighted by atomic mass is 32.1. The Morgan fingerprint density at radius 1 is 1.07 bits per heavy atom. The molecule has 6 heteroatoms. The van der Waals surface area contributed by atoms with E-state index in [0.29, 0.717) is 23.0 Å². The molecular weight excluding hydrogens is 358 g/mol. The quantitative estimate of drug-likeness (QED) is 0.553. The van der Waals surface area contributed by atoms with Gasteiger partial charge in [-0.25, -0.2) is 9.97 Å². The van der Waals surface area contributed by atoms with Crippen molar-refractivity contribution >= 4 is 27.4 Å². The van der Waals surface area contributed by atoms with Crippen LogP contribution in [0.2, 0.25) is 0 Å². The van der Waals surface area contributed by atoms with Gasteiger partial charge in [0.25, 0.3) is 0 Å². The van der Waals surface area contributed by atoms with E-state index in [2.05, 4.69) is 9.97 Å². The predicted octanol–water partition coefficient (Wildman–Crippen LogP) is 4.34. The molecule has 4 aromatic rings. The molecule has 0 aliphatic heterocycles. The van der Waals surface area contributed by atoms with Crippen molar-refractivity contribution in [2.75, 3.05) is 12.8 Å². The molecule has 3 N–H and O–H groups in total. The Morgan fingerprint density at radius 3 is 2.67 bits per heavy atom. The van der Waals surface area contributed by atoms with Crippen LogP contribution in [0.4, 0.5) is 5.82 Å². The molecule has 27 heavy (non-hydrogen) atoms. The largest absolute Gasteiger partial charge is 0.496 e. The number of ether oxygens (including phenoxy) is 1. The summed E-state index contributed by atoms with van der Waals surface area (Å²) < 4.78 is 5.37. The summed E-state index contributed by atoms with van der Waals surface area (Å²) in [6.07, 6.45) is -0.817. The van der Waals surface area contributed by atoms with Gasteiger partial charge in [0.05, 0.1) is 12.5 Å². The lowest BCUT2D eigenvalue weighted by Crippen LogP contribution is -2.00. The molecule has 0 saturated heterocycles. The van der Waals surface area contributed by atoms with Gasteiger partial charge in [0.15, 0.2) is 5.82 Å². The van der Waals surface area contributed by atoms with E-state index in [4.69, 9.17) is 10.5 Å². The summed E-state index contributed by atoms with van der Waals surface area (Å²) in [5.74, 6) is 1.64. The maximum Gasteiger partial charge on any atom is 0.163 e. The van der Waals surface area contributed by atoms with Crippen LogP contribution in [0.3, 0.4) is 0 Å². The van der Waals surface area contributed by atoms with Crippen molar-refractivity contribution < 1.29 is 9.84 Å². The fourth-order valence-corrected chi connectivity index (χ4v) is 4.10. The van der Waals surface area contributed by atoms with Crippen molar-refractivity contribution in [2.45, 2.75) is 13.0 Å². The van der Waals surface area contributed by atoms with E-state index in [9.17, 15) is 5.11 Å². The minimum absolute atomic E-state index is 0.409. The highest BCUT2D eigenvalue weighted by Gasteiger charge is 2.20. The second-order valence-electron chi connectivity index (χ2n) is 6.31. The van der Waals surface area contributed by atoms with E-state index >= 15 is 0 Å². The first kappa shape index (κ1) is 17.5. The zero-order valence-electron chi connectivity index (χ0n) is 15.0. The number of hydrogen-bond donors (Lipinski definition) is 2. The number of aliphatic hydroxyl groups is 1. The molecule has 2 aromatic heterocycles. The molecule has 0 amide bonds. The molecule has 1 unspecified atom stereocenters. The van der Waals surface area contributed by atoms with Gasteiger partial charge in [-0.2, -0.15) is 0 Å². The molecule has 0 spiro atoms. The average Bonchev–Trinajstić information content (AvgIpc) is 3.12. The fraction of sp³-hybridized carbons (Fsp3) is 0.143. The number of aliphatic hydroxyl groups excluding tert-OH is 1. The lowest BCUT2D eigenvalue weighted by Gasteiger charge is -2.12. The molecule has 4 rings (SSSR count). The van der Waals surface area contributed by atoms with Crippen molar-refractivity contribution in [3.63, 3.8) is 0 Å². The van der Waals surface area contributed by atoms with Gasteiger partial charge in [-0.3, -0.25) is 0 Å². The molecule has 136 valence electrons. The second kappa shape index (κ2) is 6.98. The number of nitrogens with zero attached hydrogens (tertiary/aromatic N) is 2. The number of nitrogens with two attached hydrogens (primary N) is 1. The first-order valence-corrected chi connectivity index (χ1v) is 9.33. The van der Waals surface area contributed by atoms with E-state index in [1.54, 1.807) is 7.11 Å². The van der Waals surface area contributed by atoms with Crippen molar-refractivity contribution in [2.24, 2.45) is 0 Å². The van der Waals surface area contributed by atoms with Gasteiger partial charge in [-0.1, -0.05) is 42.0 Å². The Hall–Kier alpha value is -2.96. The number of nitrogen functional groups attached to an aromatic ring is 1. The van der Waals surface area contributed by atoms with Crippen LogP contribution in [0.1, 0.15) is 22.1 Å². The third-order valence-corrected chi connectivity index (χ3v) is 5.50. The zero-order valence-corrected chi connectivity index (χ0v) is 15.8. The van der Waals surface area contributed by atoms with Crippen molar-refractivity contribution in [3.05, 3.63) is 70.6 Å².